The van der Waals surface area contributed by atoms with Crippen molar-refractivity contribution in [1.82, 2.24) is 15.6 Å². The van der Waals surface area contributed by atoms with Crippen molar-refractivity contribution in [3.8, 4) is 11.5 Å². The standard InChI is InChI=1S/C20H19ClN4O3S3/c1-27-16-9-5-7-13(18(16)28-2)10-22-23-17(26)12-30-20-25-24-19(31-20)29-11-14-6-3-4-8-15(14)21/h3-10H,11-12H2,1-2H3,(H,23,26). The molecule has 0 unspecified atom stereocenters. The van der Waals surface area contributed by atoms with Crippen LogP contribution in [0.4, 0.5) is 0 Å². The first kappa shape index (κ1) is 23.4. The van der Waals surface area contributed by atoms with Crippen molar-refractivity contribution < 1.29 is 14.3 Å². The second-order valence-corrected chi connectivity index (χ2v) is 9.71. The molecule has 11 heteroatoms. The van der Waals surface area contributed by atoms with Crippen molar-refractivity contribution in [3.63, 3.8) is 0 Å². The summed E-state index contributed by atoms with van der Waals surface area (Å²) in [6.45, 7) is 0. The fraction of sp³-hybridized carbons (Fsp3) is 0.200. The molecule has 162 valence electrons. The lowest BCUT2D eigenvalue weighted by atomic mass is 10.2. The Balaban J connectivity index is 1.46. The Labute approximate surface area is 197 Å². The van der Waals surface area contributed by atoms with Gasteiger partial charge in [0.25, 0.3) is 5.91 Å². The quantitative estimate of drug-likeness (QED) is 0.247. The zero-order valence-corrected chi connectivity index (χ0v) is 19.9. The number of amides is 1. The van der Waals surface area contributed by atoms with Gasteiger partial charge in [-0.2, -0.15) is 5.10 Å². The van der Waals surface area contributed by atoms with Crippen molar-refractivity contribution in [2.45, 2.75) is 14.4 Å². The van der Waals surface area contributed by atoms with E-state index in [-0.39, 0.29) is 11.7 Å². The first-order valence-corrected chi connectivity index (χ1v) is 12.1. The van der Waals surface area contributed by atoms with Gasteiger partial charge in [-0.1, -0.05) is 70.7 Å². The van der Waals surface area contributed by atoms with E-state index in [0.717, 1.165) is 19.3 Å². The van der Waals surface area contributed by atoms with Gasteiger partial charge >= 0.3 is 0 Å². The van der Waals surface area contributed by atoms with Gasteiger partial charge in [0.1, 0.15) is 0 Å². The molecule has 0 atom stereocenters. The van der Waals surface area contributed by atoms with E-state index in [1.54, 1.807) is 32.0 Å². The predicted molar refractivity (Wildman–Crippen MR) is 127 cm³/mol. The van der Waals surface area contributed by atoms with Crippen LogP contribution in [0.5, 0.6) is 11.5 Å². The van der Waals surface area contributed by atoms with Crippen molar-refractivity contribution in [2.75, 3.05) is 20.0 Å². The van der Waals surface area contributed by atoms with Crippen molar-refractivity contribution in [1.29, 1.82) is 0 Å². The summed E-state index contributed by atoms with van der Waals surface area (Å²) in [5, 5.41) is 13.0. The number of nitrogens with one attached hydrogen (secondary N) is 1. The van der Waals surface area contributed by atoms with Crippen LogP contribution in [0.2, 0.25) is 5.02 Å². The van der Waals surface area contributed by atoms with E-state index >= 15 is 0 Å². The van der Waals surface area contributed by atoms with Crippen LogP contribution in [0, 0.1) is 0 Å². The number of rotatable bonds is 10. The van der Waals surface area contributed by atoms with Crippen LogP contribution in [-0.2, 0) is 10.5 Å². The van der Waals surface area contributed by atoms with Gasteiger partial charge in [-0.3, -0.25) is 4.79 Å². The second kappa shape index (κ2) is 11.9. The fourth-order valence-electron chi connectivity index (χ4n) is 2.42. The van der Waals surface area contributed by atoms with E-state index in [9.17, 15) is 4.79 Å². The summed E-state index contributed by atoms with van der Waals surface area (Å²) in [6, 6.07) is 13.1. The van der Waals surface area contributed by atoms with Crippen molar-refractivity contribution in [2.24, 2.45) is 5.10 Å². The number of ether oxygens (including phenoxy) is 2. The molecule has 0 spiro atoms. The highest BCUT2D eigenvalue weighted by atomic mass is 35.5. The zero-order valence-electron chi connectivity index (χ0n) is 16.7. The summed E-state index contributed by atoms with van der Waals surface area (Å²) in [5.74, 6) is 1.78. The molecule has 0 aliphatic rings. The van der Waals surface area contributed by atoms with Crippen molar-refractivity contribution in [3.05, 3.63) is 58.6 Å². The molecule has 0 aliphatic heterocycles. The van der Waals surface area contributed by atoms with E-state index in [2.05, 4.69) is 20.7 Å². The second-order valence-electron chi connectivity index (χ2n) is 5.88. The van der Waals surface area contributed by atoms with Gasteiger partial charge in [-0.15, -0.1) is 10.2 Å². The first-order valence-electron chi connectivity index (χ1n) is 8.96. The fourth-order valence-corrected chi connectivity index (χ4v) is 5.51. The van der Waals surface area contributed by atoms with E-state index in [1.165, 1.54) is 29.3 Å². The molecule has 0 saturated carbocycles. The van der Waals surface area contributed by atoms with Gasteiger partial charge in [0.05, 0.1) is 26.2 Å². The molecule has 3 rings (SSSR count). The van der Waals surface area contributed by atoms with Gasteiger partial charge in [-0.05, 0) is 23.8 Å². The predicted octanol–water partition coefficient (Wildman–Crippen LogP) is 4.74. The molecular weight excluding hydrogens is 476 g/mol. The molecule has 0 saturated heterocycles. The number of aromatic nitrogens is 2. The number of hydrogen-bond donors (Lipinski definition) is 1. The van der Waals surface area contributed by atoms with Crippen LogP contribution in [0.1, 0.15) is 11.1 Å². The van der Waals surface area contributed by atoms with Crippen LogP contribution in [-0.4, -0.2) is 42.3 Å². The minimum absolute atomic E-state index is 0.177. The highest BCUT2D eigenvalue weighted by Crippen LogP contribution is 2.32. The van der Waals surface area contributed by atoms with E-state index in [1.807, 2.05) is 36.4 Å². The van der Waals surface area contributed by atoms with Gasteiger partial charge in [0.2, 0.25) is 0 Å². The number of para-hydroxylation sites is 1. The molecule has 1 aromatic heterocycles. The molecule has 0 bridgehead atoms. The minimum atomic E-state index is -0.247. The molecule has 1 heterocycles. The molecule has 1 N–H and O–H groups in total. The number of halogens is 1. The summed E-state index contributed by atoms with van der Waals surface area (Å²) in [7, 11) is 3.11. The van der Waals surface area contributed by atoms with Crippen LogP contribution in [0.3, 0.4) is 0 Å². The number of thioether (sulfide) groups is 2. The SMILES string of the molecule is COc1cccc(C=NNC(=O)CSc2nnc(SCc3ccccc3Cl)s2)c1OC. The van der Waals surface area contributed by atoms with Gasteiger partial charge < -0.3 is 9.47 Å². The Bertz CT molecular complexity index is 1060. The number of methoxy groups -OCH3 is 2. The summed E-state index contributed by atoms with van der Waals surface area (Å²) >= 11 is 10.5. The average molecular weight is 495 g/mol. The Morgan fingerprint density at radius 2 is 1.90 bits per heavy atom. The molecule has 31 heavy (non-hydrogen) atoms. The summed E-state index contributed by atoms with van der Waals surface area (Å²) < 4.78 is 12.1. The highest BCUT2D eigenvalue weighted by Gasteiger charge is 2.10. The van der Waals surface area contributed by atoms with Crippen LogP contribution >= 0.6 is 46.5 Å². The summed E-state index contributed by atoms with van der Waals surface area (Å²) in [6.07, 6.45) is 1.51. The van der Waals surface area contributed by atoms with E-state index in [4.69, 9.17) is 21.1 Å². The van der Waals surface area contributed by atoms with Crippen LogP contribution < -0.4 is 14.9 Å². The maximum Gasteiger partial charge on any atom is 0.250 e. The Morgan fingerprint density at radius 1 is 1.13 bits per heavy atom. The lowest BCUT2D eigenvalue weighted by molar-refractivity contribution is -0.118. The van der Waals surface area contributed by atoms with Gasteiger partial charge in [0.15, 0.2) is 20.2 Å². The molecule has 1 amide bonds. The monoisotopic (exact) mass is 494 g/mol. The number of hydrazone groups is 1. The molecule has 0 aliphatic carbocycles. The minimum Gasteiger partial charge on any atom is -0.493 e. The highest BCUT2D eigenvalue weighted by molar-refractivity contribution is 8.03. The third-order valence-corrected chi connectivity index (χ3v) is 7.46. The van der Waals surface area contributed by atoms with E-state index in [0.29, 0.717) is 22.8 Å². The smallest absolute Gasteiger partial charge is 0.250 e. The maximum atomic E-state index is 12.1. The third-order valence-electron chi connectivity index (χ3n) is 3.85. The van der Waals surface area contributed by atoms with E-state index < -0.39 is 0 Å². The lowest BCUT2D eigenvalue weighted by Gasteiger charge is -2.09. The first-order chi connectivity index (χ1) is 15.1. The largest absolute Gasteiger partial charge is 0.493 e. The molecule has 0 radical (unpaired) electrons. The Hall–Kier alpha value is -2.27. The van der Waals surface area contributed by atoms with Gasteiger partial charge in [0, 0.05) is 16.3 Å². The number of hydrogen-bond acceptors (Lipinski definition) is 9. The third kappa shape index (κ3) is 6.86. The number of nitrogens with zero attached hydrogens (tertiary/aromatic N) is 3. The van der Waals surface area contributed by atoms with Gasteiger partial charge in [-0.25, -0.2) is 5.43 Å². The number of carbonyl (C=O) groups is 1. The Morgan fingerprint density at radius 3 is 2.65 bits per heavy atom. The molecular formula is C20H19ClN4O3S3. The molecule has 0 fully saturated rings. The summed E-state index contributed by atoms with van der Waals surface area (Å²) in [4.78, 5) is 12.1. The normalized spacial score (nSPS) is 10.9. The zero-order chi connectivity index (χ0) is 22.1. The average Bonchev–Trinajstić information content (AvgIpc) is 3.24. The molecule has 3 aromatic rings. The molecule has 2 aromatic carbocycles. The molecule has 7 nitrogen and oxygen atoms in total. The summed E-state index contributed by atoms with van der Waals surface area (Å²) in [5.41, 5.74) is 4.24. The van der Waals surface area contributed by atoms with Crippen LogP contribution in [0.25, 0.3) is 0 Å². The maximum absolute atomic E-state index is 12.1. The topological polar surface area (TPSA) is 85.7 Å². The van der Waals surface area contributed by atoms with Crippen molar-refractivity contribution >= 4 is 58.6 Å². The number of benzene rings is 2. The van der Waals surface area contributed by atoms with Crippen LogP contribution in [0.15, 0.2) is 56.2 Å². The number of carbonyl (C=O) groups excluding carboxylic acids is 1. The lowest BCUT2D eigenvalue weighted by Crippen LogP contribution is -2.19. The Kier molecular flexibility index (Phi) is 9.01.